The van der Waals surface area contributed by atoms with E-state index in [4.69, 9.17) is 54.6 Å². The topological polar surface area (TPSA) is 382 Å². The Bertz CT molecular complexity index is 4260. The first kappa shape index (κ1) is 86.5. The molecular formula is C78H97N11O18S3. The predicted molar refractivity (Wildman–Crippen MR) is 421 cm³/mol. The van der Waals surface area contributed by atoms with Crippen LogP contribution in [0, 0.1) is 0 Å². The van der Waals surface area contributed by atoms with Crippen molar-refractivity contribution in [2.45, 2.75) is 162 Å². The number of hydrogen-bond acceptors (Lipinski definition) is 23. The Morgan fingerprint density at radius 1 is 0.455 bits per heavy atom. The zero-order valence-electron chi connectivity index (χ0n) is 64.1. The molecule has 3 heterocycles. The fraction of sp³-hybridized carbons (Fsp3) is 0.397. The normalized spacial score (nSPS) is 15.0. The number of alkyl carbamates (subject to hydrolysis) is 3. The molecule has 9 N–H and O–H groups in total. The van der Waals surface area contributed by atoms with Crippen LogP contribution in [0.4, 0.5) is 31.4 Å². The van der Waals surface area contributed by atoms with Crippen molar-refractivity contribution in [3.05, 3.63) is 161 Å². The SMILES string of the molecule is CCOC(=O)CN1C(=O)C(Cc2ccc(OC)cc2)Sc2ccc(CN=C(NC(=O)OC(C)(C)C)NC(=O)OC(C)(C)C)cc21.CCOC(=O)CN1C(=O)C(Cc2ccc(OC)cc2)Sc2ccc(CNC(=O)OC(C)(C)C)cc21.COc1ccc(CC2Sc3ccc(CN=C(N)N)cc3N(CC(=O)NO)C2=O)cc1. The summed E-state index contributed by atoms with van der Waals surface area (Å²) in [5, 5.41) is 15.3. The number of methoxy groups -OCH3 is 3. The maximum Gasteiger partial charge on any atom is 0.414 e. The van der Waals surface area contributed by atoms with E-state index in [2.05, 4.69) is 25.9 Å². The number of esters is 2. The number of ether oxygens (including phenoxy) is 8. The molecule has 6 aromatic carbocycles. The zero-order valence-corrected chi connectivity index (χ0v) is 66.6. The van der Waals surface area contributed by atoms with Gasteiger partial charge in [-0.25, -0.2) is 29.8 Å². The van der Waals surface area contributed by atoms with Gasteiger partial charge in [0.2, 0.25) is 23.7 Å². The Balaban J connectivity index is 0.000000234. The van der Waals surface area contributed by atoms with Crippen LogP contribution in [-0.2, 0) is 91.3 Å². The number of benzene rings is 6. The van der Waals surface area contributed by atoms with Gasteiger partial charge in [0.05, 0.1) is 80.4 Å². The lowest BCUT2D eigenvalue weighted by Crippen LogP contribution is -2.47. The van der Waals surface area contributed by atoms with Crippen molar-refractivity contribution in [2.24, 2.45) is 21.5 Å². The zero-order chi connectivity index (χ0) is 80.6. The monoisotopic (exact) mass is 1570 g/mol. The molecule has 3 atom stereocenters. The summed E-state index contributed by atoms with van der Waals surface area (Å²) in [6.07, 6.45) is -0.701. The minimum atomic E-state index is -0.812. The molecule has 0 aromatic heterocycles. The van der Waals surface area contributed by atoms with E-state index in [1.807, 2.05) is 115 Å². The largest absolute Gasteiger partial charge is 0.497 e. The highest BCUT2D eigenvalue weighted by Gasteiger charge is 2.39. The first-order chi connectivity index (χ1) is 52.1. The van der Waals surface area contributed by atoms with E-state index in [0.29, 0.717) is 41.9 Å². The van der Waals surface area contributed by atoms with E-state index < -0.39 is 68.7 Å². The number of nitrogens with two attached hydrogens (primary N) is 2. The van der Waals surface area contributed by atoms with Crippen molar-refractivity contribution in [3.8, 4) is 17.2 Å². The number of nitrogens with one attached hydrogen (secondary N) is 4. The number of hydrogen-bond donors (Lipinski definition) is 7. The Kier molecular flexibility index (Phi) is 31.6. The highest BCUT2D eigenvalue weighted by atomic mass is 32.2. The summed E-state index contributed by atoms with van der Waals surface area (Å²) in [4.78, 5) is 129. The van der Waals surface area contributed by atoms with Gasteiger partial charge in [-0.1, -0.05) is 54.6 Å². The lowest BCUT2D eigenvalue weighted by molar-refractivity contribution is -0.143. The highest BCUT2D eigenvalue weighted by molar-refractivity contribution is 8.01. The minimum Gasteiger partial charge on any atom is -0.497 e. The van der Waals surface area contributed by atoms with Crippen molar-refractivity contribution in [1.29, 1.82) is 0 Å². The van der Waals surface area contributed by atoms with Crippen molar-refractivity contribution in [3.63, 3.8) is 0 Å². The number of rotatable bonds is 23. The number of aliphatic imine (C=N–C) groups is 2. The second-order valence-corrected chi connectivity index (χ2v) is 31.5. The number of amides is 7. The van der Waals surface area contributed by atoms with Crippen molar-refractivity contribution in [1.82, 2.24) is 21.4 Å². The molecule has 110 heavy (non-hydrogen) atoms. The van der Waals surface area contributed by atoms with Gasteiger partial charge in [0, 0.05) is 21.2 Å². The van der Waals surface area contributed by atoms with E-state index in [1.54, 1.807) is 115 Å². The molecule has 32 heteroatoms. The van der Waals surface area contributed by atoms with Gasteiger partial charge >= 0.3 is 30.2 Å². The first-order valence-corrected chi connectivity index (χ1v) is 37.7. The lowest BCUT2D eigenvalue weighted by atomic mass is 10.1. The Morgan fingerprint density at radius 3 is 1.10 bits per heavy atom. The summed E-state index contributed by atoms with van der Waals surface area (Å²) < 4.78 is 41.8. The van der Waals surface area contributed by atoms with Crippen LogP contribution in [0.15, 0.2) is 152 Å². The van der Waals surface area contributed by atoms with Gasteiger partial charge in [0.25, 0.3) is 5.91 Å². The molecule has 3 aliphatic rings. The third kappa shape index (κ3) is 27.2. The van der Waals surface area contributed by atoms with Gasteiger partial charge < -0.3 is 59.6 Å². The van der Waals surface area contributed by atoms with Crippen LogP contribution in [0.5, 0.6) is 17.2 Å². The number of carbonyl (C=O) groups excluding carboxylic acids is 9. The molecule has 590 valence electrons. The van der Waals surface area contributed by atoms with E-state index in [0.717, 1.165) is 59.8 Å². The second kappa shape index (κ2) is 40.1. The van der Waals surface area contributed by atoms with Gasteiger partial charge in [-0.3, -0.25) is 54.4 Å². The van der Waals surface area contributed by atoms with Gasteiger partial charge in [-0.15, -0.1) is 35.3 Å². The molecule has 3 aliphatic heterocycles. The van der Waals surface area contributed by atoms with Crippen LogP contribution in [0.3, 0.4) is 0 Å². The number of anilines is 3. The molecule has 0 saturated carbocycles. The average molecular weight is 1570 g/mol. The fourth-order valence-corrected chi connectivity index (χ4v) is 14.6. The molecule has 0 saturated heterocycles. The summed E-state index contributed by atoms with van der Waals surface area (Å²) in [5.41, 5.74) is 17.1. The van der Waals surface area contributed by atoms with E-state index >= 15 is 0 Å². The Hall–Kier alpha value is -10.7. The number of thioether (sulfide) groups is 3. The Morgan fingerprint density at radius 2 is 0.773 bits per heavy atom. The number of carbonyl (C=O) groups is 9. The summed E-state index contributed by atoms with van der Waals surface area (Å²) >= 11 is 4.32. The third-order valence-electron chi connectivity index (χ3n) is 15.7. The van der Waals surface area contributed by atoms with Crippen LogP contribution < -0.4 is 61.8 Å². The number of nitrogens with zero attached hydrogens (tertiary/aromatic N) is 5. The molecule has 0 aliphatic carbocycles. The quantitative estimate of drug-likeness (QED) is 0.00782. The van der Waals surface area contributed by atoms with Gasteiger partial charge in [0.1, 0.15) is 53.7 Å². The number of hydroxylamine groups is 1. The molecule has 0 radical (unpaired) electrons. The van der Waals surface area contributed by atoms with Gasteiger partial charge in [-0.05, 0) is 202 Å². The van der Waals surface area contributed by atoms with Crippen LogP contribution in [-0.4, -0.2) is 158 Å². The van der Waals surface area contributed by atoms with E-state index in [-0.39, 0.29) is 82.1 Å². The molecule has 29 nitrogen and oxygen atoms in total. The molecule has 0 bridgehead atoms. The van der Waals surface area contributed by atoms with E-state index in [1.165, 1.54) is 50.0 Å². The lowest BCUT2D eigenvalue weighted by Gasteiger charge is -2.33. The smallest absolute Gasteiger partial charge is 0.414 e. The average Bonchev–Trinajstić information content (AvgIpc) is 0.789. The highest BCUT2D eigenvalue weighted by Crippen LogP contribution is 2.44. The molecule has 6 aromatic rings. The molecular weight excluding hydrogens is 1480 g/mol. The predicted octanol–water partition coefficient (Wildman–Crippen LogP) is 10.6. The summed E-state index contributed by atoms with van der Waals surface area (Å²) in [6, 6.07) is 39.2. The second-order valence-electron chi connectivity index (χ2n) is 27.8. The van der Waals surface area contributed by atoms with E-state index in [9.17, 15) is 43.2 Å². The Labute approximate surface area is 652 Å². The summed E-state index contributed by atoms with van der Waals surface area (Å²) in [5.74, 6) is -0.292. The fourth-order valence-electron chi connectivity index (χ4n) is 10.8. The van der Waals surface area contributed by atoms with Crippen molar-refractivity contribution in [2.75, 3.05) is 68.9 Å². The van der Waals surface area contributed by atoms with Gasteiger partial charge in [0.15, 0.2) is 5.96 Å². The molecule has 0 fully saturated rings. The maximum atomic E-state index is 13.7. The first-order valence-electron chi connectivity index (χ1n) is 35.1. The standard InChI is InChI=1S/C32H42N4O8S.C26H32N2O6S.C20H23N5O4S/c1-9-42-26(37)19-36-23-16-21(12-15-24(23)45-25(27(36)38)17-20-10-13-22(41-8)14-11-20)18-33-28(34-29(39)43-31(2,3)4)35-30(40)44-32(5,6)7;1-6-33-23(29)16-28-20-13-18(15-27-25(31)34-26(2,3)4)9-12-21(20)35-22(24(28)30)14-17-7-10-19(32-5)11-8-17;1-29-14-5-2-12(3-6-14)9-17-19(27)25(11-18(26)24-28)15-8-13(10-23-20(21)22)4-7-16(15)30-17/h10-16,25H,9,17-19H2,1-8H3,(H2,33,34,35,39,40);7-13,22H,6,14-16H2,1-5H3,(H,27,31);2-8,17,28H,9-11H2,1H3,(H,24,26)(H4,21,22,23). The number of guanidine groups is 2. The van der Waals surface area contributed by atoms with Gasteiger partial charge in [-0.2, -0.15) is 0 Å². The van der Waals surface area contributed by atoms with Crippen molar-refractivity contribution < 1.29 is 86.3 Å². The molecule has 0 spiro atoms. The summed E-state index contributed by atoms with van der Waals surface area (Å²) in [6.45, 7) is 19.3. The number of fused-ring (bicyclic) bond motifs is 3. The minimum absolute atomic E-state index is 0.00951. The summed E-state index contributed by atoms with van der Waals surface area (Å²) in [7, 11) is 4.80. The van der Waals surface area contributed by atoms with Crippen LogP contribution in [0.25, 0.3) is 0 Å². The third-order valence-corrected chi connectivity index (χ3v) is 19.4. The molecule has 9 rings (SSSR count). The molecule has 3 unspecified atom stereocenters. The van der Waals surface area contributed by atoms with Crippen LogP contribution in [0.1, 0.15) is 110 Å². The molecule has 7 amide bonds. The maximum absolute atomic E-state index is 13.7. The van der Waals surface area contributed by atoms with Crippen LogP contribution >= 0.6 is 35.3 Å². The van der Waals surface area contributed by atoms with Crippen molar-refractivity contribution >= 4 is 118 Å². The van der Waals surface area contributed by atoms with Crippen LogP contribution in [0.2, 0.25) is 0 Å².